The smallest absolute Gasteiger partial charge is 0.338 e. The lowest BCUT2D eigenvalue weighted by molar-refractivity contribution is -0.139. The Morgan fingerprint density at radius 1 is 1.14 bits per heavy atom. The molecule has 216 valence electrons. The molecule has 0 amide bonds. The summed E-state index contributed by atoms with van der Waals surface area (Å²) in [5, 5.41) is 0. The molecule has 3 aromatic carbocycles. The molecule has 0 fully saturated rings. The van der Waals surface area contributed by atoms with Crippen LogP contribution in [0.4, 0.5) is 4.39 Å². The molecule has 10 heteroatoms. The number of fused-ring (bicyclic) bond motifs is 1. The van der Waals surface area contributed by atoms with Crippen LogP contribution < -0.4 is 24.4 Å². The van der Waals surface area contributed by atoms with E-state index in [-0.39, 0.29) is 24.6 Å². The normalized spacial score (nSPS) is 14.8. The first-order valence-electron chi connectivity index (χ1n) is 13.2. The number of carbonyl (C=O) groups is 1. The van der Waals surface area contributed by atoms with E-state index in [1.54, 1.807) is 48.8 Å². The van der Waals surface area contributed by atoms with Gasteiger partial charge in [0.25, 0.3) is 5.56 Å². The predicted octanol–water partition coefficient (Wildman–Crippen LogP) is 5.44. The molecule has 1 aliphatic heterocycles. The molecule has 0 N–H and O–H groups in total. The van der Waals surface area contributed by atoms with Crippen LogP contribution in [0.15, 0.2) is 81.7 Å². The maximum Gasteiger partial charge on any atom is 0.338 e. The number of methoxy groups -OCH3 is 1. The summed E-state index contributed by atoms with van der Waals surface area (Å²) in [4.78, 5) is 32.1. The summed E-state index contributed by atoms with van der Waals surface area (Å²) < 4.78 is 33.8. The average molecular weight is 699 g/mol. The molecular weight excluding hydrogens is 670 g/mol. The molecule has 0 aliphatic carbocycles. The predicted molar refractivity (Wildman–Crippen MR) is 168 cm³/mol. The second-order valence-electron chi connectivity index (χ2n) is 9.63. The van der Waals surface area contributed by atoms with Crippen LogP contribution in [0.3, 0.4) is 0 Å². The summed E-state index contributed by atoms with van der Waals surface area (Å²) in [5.41, 5.74) is 3.58. The van der Waals surface area contributed by atoms with Gasteiger partial charge in [-0.2, -0.15) is 0 Å². The number of halogens is 2. The number of thiazole rings is 1. The Balaban J connectivity index is 1.58. The van der Waals surface area contributed by atoms with E-state index in [4.69, 9.17) is 14.2 Å². The fourth-order valence-corrected chi connectivity index (χ4v) is 6.56. The molecule has 7 nitrogen and oxygen atoms in total. The molecule has 0 unspecified atom stereocenters. The maximum atomic E-state index is 14.1. The van der Waals surface area contributed by atoms with Crippen molar-refractivity contribution in [3.8, 4) is 11.5 Å². The van der Waals surface area contributed by atoms with Crippen molar-refractivity contribution in [1.82, 2.24) is 4.57 Å². The van der Waals surface area contributed by atoms with Gasteiger partial charge in [-0.05, 0) is 78.8 Å². The van der Waals surface area contributed by atoms with Crippen LogP contribution in [0.1, 0.15) is 42.1 Å². The van der Waals surface area contributed by atoms with Gasteiger partial charge in [0.05, 0.1) is 39.1 Å². The van der Waals surface area contributed by atoms with Crippen molar-refractivity contribution in [2.45, 2.75) is 33.4 Å². The molecule has 0 bridgehead atoms. The van der Waals surface area contributed by atoms with Crippen molar-refractivity contribution in [3.05, 3.63) is 123 Å². The van der Waals surface area contributed by atoms with Crippen LogP contribution in [0.2, 0.25) is 0 Å². The van der Waals surface area contributed by atoms with Crippen molar-refractivity contribution >= 4 is 46.0 Å². The van der Waals surface area contributed by atoms with Crippen LogP contribution in [-0.4, -0.2) is 24.3 Å². The number of hydrogen-bond acceptors (Lipinski definition) is 7. The SMILES string of the molecule is CCOC(=O)C1=C(C)N=c2s/c(=C/c3cc(I)c(OCc4ccccc4F)c(OC)c3)c(=O)n2[C@@H]1c1ccc(C)cc1. The second kappa shape index (κ2) is 12.6. The monoisotopic (exact) mass is 698 g/mol. The number of benzene rings is 3. The highest BCUT2D eigenvalue weighted by Crippen LogP contribution is 2.35. The summed E-state index contributed by atoms with van der Waals surface area (Å²) in [6.07, 6.45) is 1.77. The highest BCUT2D eigenvalue weighted by Gasteiger charge is 2.33. The van der Waals surface area contributed by atoms with Crippen LogP contribution >= 0.6 is 33.9 Å². The molecule has 0 radical (unpaired) electrons. The summed E-state index contributed by atoms with van der Waals surface area (Å²) in [6.45, 7) is 5.74. The van der Waals surface area contributed by atoms with E-state index in [2.05, 4.69) is 27.6 Å². The number of aryl methyl sites for hydroxylation is 1. The molecule has 1 aromatic heterocycles. The average Bonchev–Trinajstić information content (AvgIpc) is 3.26. The molecule has 1 aliphatic rings. The van der Waals surface area contributed by atoms with Crippen LogP contribution in [-0.2, 0) is 16.1 Å². The number of nitrogens with zero attached hydrogens (tertiary/aromatic N) is 2. The highest BCUT2D eigenvalue weighted by molar-refractivity contribution is 14.1. The van der Waals surface area contributed by atoms with Gasteiger partial charge >= 0.3 is 5.97 Å². The van der Waals surface area contributed by atoms with Gasteiger partial charge in [-0.1, -0.05) is 59.4 Å². The lowest BCUT2D eigenvalue weighted by Gasteiger charge is -2.24. The second-order valence-corrected chi connectivity index (χ2v) is 11.8. The molecule has 0 spiro atoms. The number of hydrogen-bond donors (Lipinski definition) is 0. The molecule has 0 saturated carbocycles. The van der Waals surface area contributed by atoms with E-state index < -0.39 is 12.0 Å². The number of allylic oxidation sites excluding steroid dienone is 1. The molecule has 5 rings (SSSR count). The van der Waals surface area contributed by atoms with Gasteiger partial charge < -0.3 is 14.2 Å². The Hall–Kier alpha value is -3.77. The molecule has 42 heavy (non-hydrogen) atoms. The standard InChI is InChI=1S/C32H28FIN2O5S/c1-5-40-31(38)27-19(3)35-32-36(28(27)21-12-10-18(2)11-13-21)30(37)26(42-32)16-20-14-24(34)29(25(15-20)39-4)41-17-22-8-6-7-9-23(22)33/h6-16,28H,5,17H2,1-4H3/b26-16+/t28-/m1/s1. The Kier molecular flexibility index (Phi) is 8.93. The quantitative estimate of drug-likeness (QED) is 0.181. The van der Waals surface area contributed by atoms with Gasteiger partial charge in [0, 0.05) is 5.56 Å². The largest absolute Gasteiger partial charge is 0.493 e. The Bertz CT molecular complexity index is 1880. The van der Waals surface area contributed by atoms with Crippen molar-refractivity contribution < 1.29 is 23.4 Å². The lowest BCUT2D eigenvalue weighted by atomic mass is 9.95. The summed E-state index contributed by atoms with van der Waals surface area (Å²) in [6, 6.07) is 17.1. The number of rotatable bonds is 8. The first-order valence-corrected chi connectivity index (χ1v) is 15.1. The summed E-state index contributed by atoms with van der Waals surface area (Å²) in [7, 11) is 1.53. The van der Waals surface area contributed by atoms with Crippen LogP contribution in [0, 0.1) is 16.3 Å². The van der Waals surface area contributed by atoms with Gasteiger partial charge in [-0.25, -0.2) is 14.2 Å². The van der Waals surface area contributed by atoms with Crippen molar-refractivity contribution in [2.75, 3.05) is 13.7 Å². The van der Waals surface area contributed by atoms with E-state index in [1.165, 1.54) is 24.5 Å². The molecule has 2 heterocycles. The molecule has 0 saturated heterocycles. The first kappa shape index (κ1) is 29.7. The van der Waals surface area contributed by atoms with E-state index in [9.17, 15) is 14.0 Å². The topological polar surface area (TPSA) is 79.1 Å². The van der Waals surface area contributed by atoms with Gasteiger partial charge in [-0.15, -0.1) is 0 Å². The zero-order valence-corrected chi connectivity index (χ0v) is 26.4. The van der Waals surface area contributed by atoms with Gasteiger partial charge in [-0.3, -0.25) is 9.36 Å². The maximum absolute atomic E-state index is 14.1. The van der Waals surface area contributed by atoms with Crippen molar-refractivity contribution in [2.24, 2.45) is 4.99 Å². The number of aromatic nitrogens is 1. The minimum atomic E-state index is -0.674. The fourth-order valence-electron chi connectivity index (χ4n) is 4.74. The highest BCUT2D eigenvalue weighted by atomic mass is 127. The molecular formula is C32H28FIN2O5S. The minimum Gasteiger partial charge on any atom is -0.493 e. The Labute approximate surface area is 259 Å². The van der Waals surface area contributed by atoms with E-state index >= 15 is 0 Å². The summed E-state index contributed by atoms with van der Waals surface area (Å²) >= 11 is 3.38. The minimum absolute atomic E-state index is 0.0398. The Morgan fingerprint density at radius 3 is 2.57 bits per heavy atom. The van der Waals surface area contributed by atoms with Gasteiger partial charge in [0.1, 0.15) is 12.4 Å². The molecule has 1 atom stereocenters. The third-order valence-corrected chi connectivity index (χ3v) is 8.57. The van der Waals surface area contributed by atoms with E-state index in [0.29, 0.717) is 43.2 Å². The number of ether oxygens (including phenoxy) is 3. The summed E-state index contributed by atoms with van der Waals surface area (Å²) in [5.74, 6) is 0.0944. The van der Waals surface area contributed by atoms with Crippen molar-refractivity contribution in [1.29, 1.82) is 0 Å². The fraction of sp³-hybridized carbons (Fsp3) is 0.219. The Morgan fingerprint density at radius 2 is 1.88 bits per heavy atom. The third kappa shape index (κ3) is 5.91. The zero-order chi connectivity index (χ0) is 30.0. The van der Waals surface area contributed by atoms with E-state index in [1.807, 2.05) is 37.3 Å². The number of carbonyl (C=O) groups excluding carboxylic acids is 1. The molecule has 4 aromatic rings. The van der Waals surface area contributed by atoms with Gasteiger partial charge in [0.2, 0.25) is 0 Å². The third-order valence-electron chi connectivity index (χ3n) is 6.79. The van der Waals surface area contributed by atoms with Crippen molar-refractivity contribution in [3.63, 3.8) is 0 Å². The lowest BCUT2D eigenvalue weighted by Crippen LogP contribution is -2.39. The zero-order valence-electron chi connectivity index (χ0n) is 23.4. The van der Waals surface area contributed by atoms with Gasteiger partial charge in [0.15, 0.2) is 16.3 Å². The van der Waals surface area contributed by atoms with Crippen LogP contribution in [0.5, 0.6) is 11.5 Å². The van der Waals surface area contributed by atoms with E-state index in [0.717, 1.165) is 14.7 Å². The van der Waals surface area contributed by atoms with Crippen LogP contribution in [0.25, 0.3) is 6.08 Å². The number of esters is 1. The first-order chi connectivity index (χ1) is 20.2.